The molecule has 1 aromatic carbocycles. The Balaban J connectivity index is 1.48. The summed E-state index contributed by atoms with van der Waals surface area (Å²) >= 11 is 5.94. The van der Waals surface area contributed by atoms with Crippen molar-refractivity contribution in [3.8, 4) is 0 Å². The lowest BCUT2D eigenvalue weighted by molar-refractivity contribution is -0.132. The summed E-state index contributed by atoms with van der Waals surface area (Å²) in [5.74, 6) is 3.83. The Labute approximate surface area is 163 Å². The summed E-state index contributed by atoms with van der Waals surface area (Å²) < 4.78 is 11.4. The SMILES string of the molecule is CC1CC1c1ccc(CN(Cc2ccco2)C(=O)Cc2ccc(Cl)cc2)o1. The number of benzene rings is 1. The standard InChI is InChI=1S/C22H22ClNO3/c1-15-11-20(15)21-9-8-19(27-21)14-24(13-18-3-2-10-26-18)22(25)12-16-4-6-17(23)7-5-16/h2-10,15,20H,11-14H2,1H3. The Morgan fingerprint density at radius 3 is 2.52 bits per heavy atom. The summed E-state index contributed by atoms with van der Waals surface area (Å²) in [5.41, 5.74) is 0.931. The van der Waals surface area contributed by atoms with E-state index in [2.05, 4.69) is 6.92 Å². The van der Waals surface area contributed by atoms with Crippen molar-refractivity contribution < 1.29 is 13.6 Å². The third kappa shape index (κ3) is 4.45. The number of amides is 1. The number of furan rings is 2. The summed E-state index contributed by atoms with van der Waals surface area (Å²) in [5, 5.41) is 0.663. The Morgan fingerprint density at radius 1 is 1.11 bits per heavy atom. The molecule has 140 valence electrons. The molecule has 1 aliphatic carbocycles. The molecule has 1 aliphatic rings. The molecule has 2 atom stereocenters. The third-order valence-corrected chi connectivity index (χ3v) is 5.30. The predicted molar refractivity (Wildman–Crippen MR) is 103 cm³/mol. The quantitative estimate of drug-likeness (QED) is 0.547. The summed E-state index contributed by atoms with van der Waals surface area (Å²) in [4.78, 5) is 14.7. The van der Waals surface area contributed by atoms with Crippen molar-refractivity contribution in [1.82, 2.24) is 4.90 Å². The summed E-state index contributed by atoms with van der Waals surface area (Å²) in [6.45, 7) is 3.06. The molecule has 2 unspecified atom stereocenters. The Hall–Kier alpha value is -2.46. The molecule has 1 amide bonds. The molecule has 0 saturated heterocycles. The van der Waals surface area contributed by atoms with Gasteiger partial charge in [-0.25, -0.2) is 0 Å². The van der Waals surface area contributed by atoms with Gasteiger partial charge in [-0.2, -0.15) is 0 Å². The molecule has 4 nitrogen and oxygen atoms in total. The van der Waals surface area contributed by atoms with Crippen LogP contribution in [0.2, 0.25) is 5.02 Å². The van der Waals surface area contributed by atoms with Gasteiger partial charge >= 0.3 is 0 Å². The maximum atomic E-state index is 12.9. The highest BCUT2D eigenvalue weighted by atomic mass is 35.5. The molecule has 27 heavy (non-hydrogen) atoms. The average molecular weight is 384 g/mol. The Bertz CT molecular complexity index is 898. The van der Waals surface area contributed by atoms with Gasteiger partial charge in [0.1, 0.15) is 17.3 Å². The molecule has 5 heteroatoms. The van der Waals surface area contributed by atoms with Crippen molar-refractivity contribution >= 4 is 17.5 Å². The number of rotatable bonds is 7. The number of nitrogens with zero attached hydrogens (tertiary/aromatic N) is 1. The van der Waals surface area contributed by atoms with E-state index in [1.165, 1.54) is 6.42 Å². The molecule has 2 heterocycles. The normalized spacial score (nSPS) is 18.4. The second-order valence-corrected chi connectivity index (χ2v) is 7.69. The van der Waals surface area contributed by atoms with E-state index in [-0.39, 0.29) is 5.91 Å². The largest absolute Gasteiger partial charge is 0.467 e. The van der Waals surface area contributed by atoms with Crippen molar-refractivity contribution in [2.24, 2.45) is 5.92 Å². The van der Waals surface area contributed by atoms with E-state index >= 15 is 0 Å². The fraction of sp³-hybridized carbons (Fsp3) is 0.318. The van der Waals surface area contributed by atoms with E-state index in [0.29, 0.717) is 36.4 Å². The zero-order chi connectivity index (χ0) is 18.8. The van der Waals surface area contributed by atoms with Gasteiger partial charge in [-0.15, -0.1) is 0 Å². The molecule has 1 fully saturated rings. The first-order valence-corrected chi connectivity index (χ1v) is 9.59. The predicted octanol–water partition coefficient (Wildman–Crippen LogP) is 5.42. The summed E-state index contributed by atoms with van der Waals surface area (Å²) in [7, 11) is 0. The lowest BCUT2D eigenvalue weighted by Crippen LogP contribution is -2.31. The van der Waals surface area contributed by atoms with Gasteiger partial charge in [-0.1, -0.05) is 30.7 Å². The van der Waals surface area contributed by atoms with Crippen LogP contribution in [0, 0.1) is 5.92 Å². The second-order valence-electron chi connectivity index (χ2n) is 7.26. The monoisotopic (exact) mass is 383 g/mol. The molecule has 0 aliphatic heterocycles. The topological polar surface area (TPSA) is 46.6 Å². The molecule has 3 aromatic rings. The van der Waals surface area contributed by atoms with Crippen molar-refractivity contribution in [1.29, 1.82) is 0 Å². The van der Waals surface area contributed by atoms with E-state index in [0.717, 1.165) is 22.8 Å². The molecular weight excluding hydrogens is 362 g/mol. The first-order valence-electron chi connectivity index (χ1n) is 9.21. The van der Waals surface area contributed by atoms with Crippen LogP contribution in [-0.4, -0.2) is 10.8 Å². The maximum absolute atomic E-state index is 12.9. The second kappa shape index (κ2) is 7.65. The fourth-order valence-electron chi connectivity index (χ4n) is 3.30. The van der Waals surface area contributed by atoms with Crippen LogP contribution in [-0.2, 0) is 24.3 Å². The van der Waals surface area contributed by atoms with E-state index in [1.807, 2.05) is 36.4 Å². The number of carbonyl (C=O) groups excluding carboxylic acids is 1. The number of halogens is 1. The first kappa shape index (κ1) is 17.9. The lowest BCUT2D eigenvalue weighted by atomic mass is 10.1. The third-order valence-electron chi connectivity index (χ3n) is 5.05. The van der Waals surface area contributed by atoms with Crippen LogP contribution in [0.15, 0.2) is 63.6 Å². The van der Waals surface area contributed by atoms with Gasteiger partial charge in [0, 0.05) is 10.9 Å². The highest BCUT2D eigenvalue weighted by molar-refractivity contribution is 6.30. The molecule has 0 bridgehead atoms. The zero-order valence-electron chi connectivity index (χ0n) is 15.2. The Kier molecular flexibility index (Phi) is 5.08. The summed E-state index contributed by atoms with van der Waals surface area (Å²) in [6.07, 6.45) is 3.11. The molecule has 0 N–H and O–H groups in total. The van der Waals surface area contributed by atoms with Crippen LogP contribution in [0.25, 0.3) is 0 Å². The van der Waals surface area contributed by atoms with Crippen molar-refractivity contribution in [2.45, 2.75) is 38.8 Å². The average Bonchev–Trinajstić information content (AvgIpc) is 3.06. The number of carbonyl (C=O) groups is 1. The van der Waals surface area contributed by atoms with Crippen molar-refractivity contribution in [3.05, 3.63) is 82.7 Å². The zero-order valence-corrected chi connectivity index (χ0v) is 16.0. The molecule has 4 rings (SSSR count). The maximum Gasteiger partial charge on any atom is 0.227 e. The molecular formula is C22H22ClNO3. The van der Waals surface area contributed by atoms with Gasteiger partial charge in [-0.05, 0) is 54.3 Å². The molecule has 1 saturated carbocycles. The highest BCUT2D eigenvalue weighted by Crippen LogP contribution is 2.47. The van der Waals surface area contributed by atoms with Crippen molar-refractivity contribution in [2.75, 3.05) is 0 Å². The van der Waals surface area contributed by atoms with E-state index in [4.69, 9.17) is 20.4 Å². The lowest BCUT2D eigenvalue weighted by Gasteiger charge is -2.21. The van der Waals surface area contributed by atoms with Gasteiger partial charge in [-0.3, -0.25) is 4.79 Å². The van der Waals surface area contributed by atoms with Gasteiger partial charge in [0.25, 0.3) is 0 Å². The first-order chi connectivity index (χ1) is 13.1. The van der Waals surface area contributed by atoms with Crippen molar-refractivity contribution in [3.63, 3.8) is 0 Å². The van der Waals surface area contributed by atoms with Crippen LogP contribution < -0.4 is 0 Å². The van der Waals surface area contributed by atoms with E-state index < -0.39 is 0 Å². The minimum absolute atomic E-state index is 0.0199. The molecule has 0 radical (unpaired) electrons. The Morgan fingerprint density at radius 2 is 1.85 bits per heavy atom. The smallest absolute Gasteiger partial charge is 0.227 e. The minimum Gasteiger partial charge on any atom is -0.467 e. The van der Waals surface area contributed by atoms with Crippen LogP contribution >= 0.6 is 11.6 Å². The molecule has 0 spiro atoms. The number of hydrogen-bond donors (Lipinski definition) is 0. The van der Waals surface area contributed by atoms with Crippen LogP contribution in [0.3, 0.4) is 0 Å². The van der Waals surface area contributed by atoms with Crippen LogP contribution in [0.4, 0.5) is 0 Å². The molecule has 2 aromatic heterocycles. The van der Waals surface area contributed by atoms with Gasteiger partial charge in [0.05, 0.1) is 25.8 Å². The fourth-order valence-corrected chi connectivity index (χ4v) is 3.42. The minimum atomic E-state index is 0.0199. The highest BCUT2D eigenvalue weighted by Gasteiger charge is 2.36. The van der Waals surface area contributed by atoms with Gasteiger partial charge < -0.3 is 13.7 Å². The van der Waals surface area contributed by atoms with Crippen LogP contribution in [0.5, 0.6) is 0 Å². The summed E-state index contributed by atoms with van der Waals surface area (Å²) in [6, 6.07) is 15.1. The van der Waals surface area contributed by atoms with Gasteiger partial charge in [0.15, 0.2) is 0 Å². The van der Waals surface area contributed by atoms with Crippen LogP contribution in [0.1, 0.15) is 42.1 Å². The number of hydrogen-bond acceptors (Lipinski definition) is 3. The van der Waals surface area contributed by atoms with Gasteiger partial charge in [0.2, 0.25) is 5.91 Å². The van der Waals surface area contributed by atoms with E-state index in [9.17, 15) is 4.79 Å². The van der Waals surface area contributed by atoms with E-state index in [1.54, 1.807) is 23.3 Å².